The second kappa shape index (κ2) is 6.53. The van der Waals surface area contributed by atoms with Crippen LogP contribution in [-0.2, 0) is 0 Å². The maximum Gasteiger partial charge on any atom is 0.269 e. The van der Waals surface area contributed by atoms with Gasteiger partial charge >= 0.3 is 0 Å². The van der Waals surface area contributed by atoms with Gasteiger partial charge in [0.25, 0.3) is 5.91 Å². The molecule has 3 aromatic carbocycles. The molecule has 0 fully saturated rings. The number of pyridine rings is 1. The summed E-state index contributed by atoms with van der Waals surface area (Å²) in [7, 11) is 0. The molecule has 0 bridgehead atoms. The largest absolute Gasteiger partial charge is 0.281 e. The summed E-state index contributed by atoms with van der Waals surface area (Å²) < 4.78 is 0.856. The van der Waals surface area contributed by atoms with E-state index in [0.29, 0.717) is 11.4 Å². The monoisotopic (exact) mass is 391 g/mol. The second-order valence-electron chi connectivity index (χ2n) is 5.61. The van der Waals surface area contributed by atoms with Crippen LogP contribution in [0.3, 0.4) is 0 Å². The number of hydrazine groups is 1. The van der Waals surface area contributed by atoms with Gasteiger partial charge in [-0.15, -0.1) is 0 Å². The molecule has 0 unspecified atom stereocenters. The molecule has 0 aliphatic carbocycles. The number of halogens is 1. The van der Waals surface area contributed by atoms with Crippen molar-refractivity contribution in [3.63, 3.8) is 0 Å². The molecule has 4 rings (SSSR count). The first-order chi connectivity index (χ1) is 12.2. The molecule has 122 valence electrons. The van der Waals surface area contributed by atoms with Gasteiger partial charge < -0.3 is 0 Å². The van der Waals surface area contributed by atoms with Crippen LogP contribution in [0.25, 0.3) is 21.7 Å². The van der Waals surface area contributed by atoms with E-state index in [9.17, 15) is 4.79 Å². The van der Waals surface area contributed by atoms with E-state index in [-0.39, 0.29) is 5.91 Å². The Bertz CT molecular complexity index is 1090. The summed E-state index contributed by atoms with van der Waals surface area (Å²) in [4.78, 5) is 17.0. The van der Waals surface area contributed by atoms with Gasteiger partial charge in [-0.3, -0.25) is 15.6 Å². The number of carbonyl (C=O) groups is 1. The lowest BCUT2D eigenvalue weighted by molar-refractivity contribution is 0.0962. The van der Waals surface area contributed by atoms with Gasteiger partial charge in [0.05, 0.1) is 5.52 Å². The third-order valence-corrected chi connectivity index (χ3v) is 4.48. The Hall–Kier alpha value is -2.92. The highest BCUT2D eigenvalue weighted by Gasteiger charge is 2.10. The molecule has 5 heteroatoms. The average Bonchev–Trinajstić information content (AvgIpc) is 2.66. The Morgan fingerprint density at radius 1 is 0.840 bits per heavy atom. The first kappa shape index (κ1) is 15.6. The number of anilines is 1. The van der Waals surface area contributed by atoms with Gasteiger partial charge in [0.15, 0.2) is 5.82 Å². The van der Waals surface area contributed by atoms with Crippen LogP contribution in [0.4, 0.5) is 5.82 Å². The number of rotatable bonds is 3. The summed E-state index contributed by atoms with van der Waals surface area (Å²) in [5.41, 5.74) is 7.14. The molecule has 0 aliphatic rings. The van der Waals surface area contributed by atoms with Crippen LogP contribution >= 0.6 is 15.9 Å². The highest BCUT2D eigenvalue weighted by Crippen LogP contribution is 2.28. The molecular weight excluding hydrogens is 378 g/mol. The van der Waals surface area contributed by atoms with E-state index in [4.69, 9.17) is 0 Å². The van der Waals surface area contributed by atoms with Gasteiger partial charge in [-0.2, -0.15) is 0 Å². The van der Waals surface area contributed by atoms with E-state index >= 15 is 0 Å². The van der Waals surface area contributed by atoms with Crippen LogP contribution in [0, 0.1) is 0 Å². The van der Waals surface area contributed by atoms with Crippen molar-refractivity contribution in [1.82, 2.24) is 10.4 Å². The number of carbonyl (C=O) groups excluding carboxylic acids is 1. The molecule has 0 saturated heterocycles. The smallest absolute Gasteiger partial charge is 0.269 e. The van der Waals surface area contributed by atoms with Crippen LogP contribution in [0.1, 0.15) is 10.4 Å². The summed E-state index contributed by atoms with van der Waals surface area (Å²) in [6.07, 6.45) is 0. The SMILES string of the molecule is O=C(NNc1nc2ccccc2c2ccccc12)c1cccc(Br)c1. The van der Waals surface area contributed by atoms with Crippen molar-refractivity contribution < 1.29 is 4.79 Å². The summed E-state index contributed by atoms with van der Waals surface area (Å²) in [6.45, 7) is 0. The van der Waals surface area contributed by atoms with Crippen molar-refractivity contribution in [1.29, 1.82) is 0 Å². The molecule has 25 heavy (non-hydrogen) atoms. The van der Waals surface area contributed by atoms with Crippen molar-refractivity contribution in [3.8, 4) is 0 Å². The van der Waals surface area contributed by atoms with Crippen LogP contribution in [-0.4, -0.2) is 10.9 Å². The van der Waals surface area contributed by atoms with Crippen LogP contribution in [0.5, 0.6) is 0 Å². The Morgan fingerprint density at radius 2 is 1.56 bits per heavy atom. The molecule has 1 heterocycles. The topological polar surface area (TPSA) is 54.0 Å². The van der Waals surface area contributed by atoms with Crippen molar-refractivity contribution >= 4 is 49.3 Å². The highest BCUT2D eigenvalue weighted by atomic mass is 79.9. The number of hydrogen-bond donors (Lipinski definition) is 2. The van der Waals surface area contributed by atoms with E-state index in [0.717, 1.165) is 26.1 Å². The minimum atomic E-state index is -0.222. The summed E-state index contributed by atoms with van der Waals surface area (Å²) in [5.74, 6) is 0.401. The van der Waals surface area contributed by atoms with Gasteiger partial charge in [-0.05, 0) is 29.7 Å². The zero-order valence-corrected chi connectivity index (χ0v) is 14.7. The van der Waals surface area contributed by atoms with Crippen molar-refractivity contribution in [2.75, 3.05) is 5.43 Å². The third kappa shape index (κ3) is 3.06. The maximum atomic E-state index is 12.3. The molecule has 0 spiro atoms. The number of nitrogens with zero attached hydrogens (tertiary/aromatic N) is 1. The molecule has 2 N–H and O–H groups in total. The van der Waals surface area contributed by atoms with Crippen molar-refractivity contribution in [3.05, 3.63) is 82.8 Å². The number of benzene rings is 3. The predicted octanol–water partition coefficient (Wildman–Crippen LogP) is 4.91. The van der Waals surface area contributed by atoms with Gasteiger partial charge in [0, 0.05) is 20.8 Å². The lowest BCUT2D eigenvalue weighted by atomic mass is 10.1. The Labute approximate surface area is 153 Å². The summed E-state index contributed by atoms with van der Waals surface area (Å²) in [5, 5.41) is 3.13. The van der Waals surface area contributed by atoms with Crippen molar-refractivity contribution in [2.45, 2.75) is 0 Å². The summed E-state index contributed by atoms with van der Waals surface area (Å²) >= 11 is 3.37. The number of amides is 1. The molecule has 1 aromatic heterocycles. The zero-order chi connectivity index (χ0) is 17.2. The predicted molar refractivity (Wildman–Crippen MR) is 104 cm³/mol. The molecular formula is C20H14BrN3O. The fourth-order valence-electron chi connectivity index (χ4n) is 2.82. The molecule has 0 radical (unpaired) electrons. The normalized spacial score (nSPS) is 10.8. The lowest BCUT2D eigenvalue weighted by Crippen LogP contribution is -2.29. The number of fused-ring (bicyclic) bond motifs is 3. The molecule has 4 aromatic rings. The molecule has 4 nitrogen and oxygen atoms in total. The van der Waals surface area contributed by atoms with E-state index in [1.807, 2.05) is 48.5 Å². The quantitative estimate of drug-likeness (QED) is 0.385. The maximum absolute atomic E-state index is 12.3. The molecule has 1 amide bonds. The second-order valence-corrected chi connectivity index (χ2v) is 6.53. The van der Waals surface area contributed by atoms with Gasteiger partial charge in [-0.25, -0.2) is 4.98 Å². The zero-order valence-electron chi connectivity index (χ0n) is 13.2. The van der Waals surface area contributed by atoms with Crippen molar-refractivity contribution in [2.24, 2.45) is 0 Å². The highest BCUT2D eigenvalue weighted by molar-refractivity contribution is 9.10. The summed E-state index contributed by atoms with van der Waals surface area (Å²) in [6, 6.07) is 23.2. The van der Waals surface area contributed by atoms with Gasteiger partial charge in [0.2, 0.25) is 0 Å². The first-order valence-electron chi connectivity index (χ1n) is 7.82. The minimum absolute atomic E-state index is 0.222. The van der Waals surface area contributed by atoms with E-state index in [1.165, 1.54) is 0 Å². The molecule has 0 aliphatic heterocycles. The lowest BCUT2D eigenvalue weighted by Gasteiger charge is -2.12. The Balaban J connectivity index is 1.70. The fraction of sp³-hybridized carbons (Fsp3) is 0. The number of nitrogens with one attached hydrogen (secondary N) is 2. The average molecular weight is 392 g/mol. The standard InChI is InChI=1S/C20H14BrN3O/c21-14-7-5-6-13(12-14)20(25)24-23-19-17-10-2-1-8-15(17)16-9-3-4-11-18(16)22-19/h1-12H,(H,22,23)(H,24,25). The number of aromatic nitrogens is 1. The van der Waals surface area contributed by atoms with Gasteiger partial charge in [0.1, 0.15) is 0 Å². The fourth-order valence-corrected chi connectivity index (χ4v) is 3.22. The van der Waals surface area contributed by atoms with E-state index in [2.05, 4.69) is 43.9 Å². The van der Waals surface area contributed by atoms with Crippen LogP contribution in [0.15, 0.2) is 77.3 Å². The van der Waals surface area contributed by atoms with E-state index in [1.54, 1.807) is 12.1 Å². The Morgan fingerprint density at radius 3 is 2.36 bits per heavy atom. The number of hydrogen-bond acceptors (Lipinski definition) is 3. The number of para-hydroxylation sites is 1. The first-order valence-corrected chi connectivity index (χ1v) is 8.61. The van der Waals surface area contributed by atoms with Crippen LogP contribution in [0.2, 0.25) is 0 Å². The third-order valence-electron chi connectivity index (χ3n) is 3.99. The molecule has 0 atom stereocenters. The van der Waals surface area contributed by atoms with Gasteiger partial charge in [-0.1, -0.05) is 64.5 Å². The van der Waals surface area contributed by atoms with E-state index < -0.39 is 0 Å². The Kier molecular flexibility index (Phi) is 4.07. The van der Waals surface area contributed by atoms with Crippen LogP contribution < -0.4 is 10.9 Å². The molecule has 0 saturated carbocycles. The minimum Gasteiger partial charge on any atom is -0.281 e.